The van der Waals surface area contributed by atoms with Crippen LogP contribution in [0.2, 0.25) is 0 Å². The molecule has 0 bridgehead atoms. The fraction of sp³-hybridized carbons (Fsp3) is 0.421. The molecular formula is C19H22N6O. The number of H-pyrrole nitrogens is 1. The Hall–Kier alpha value is -2.67. The summed E-state index contributed by atoms with van der Waals surface area (Å²) in [5.74, 6) is 1.57. The van der Waals surface area contributed by atoms with Crippen molar-refractivity contribution in [3.63, 3.8) is 0 Å². The Kier molecular flexibility index (Phi) is 3.74. The van der Waals surface area contributed by atoms with E-state index in [1.165, 1.54) is 5.56 Å². The van der Waals surface area contributed by atoms with Gasteiger partial charge in [0.1, 0.15) is 0 Å². The SMILES string of the molecule is CCc1cn(CC2CCOCC2)cc1-c1nnc2cnc3[nH]ccc3n12. The lowest BCUT2D eigenvalue weighted by Gasteiger charge is -2.22. The first-order valence-corrected chi connectivity index (χ1v) is 9.27. The minimum absolute atomic E-state index is 0.685. The number of fused-ring (bicyclic) bond motifs is 3. The zero-order valence-corrected chi connectivity index (χ0v) is 14.9. The maximum absolute atomic E-state index is 5.49. The number of hydrogen-bond donors (Lipinski definition) is 1. The Balaban J connectivity index is 1.59. The van der Waals surface area contributed by atoms with E-state index in [0.29, 0.717) is 5.92 Å². The zero-order valence-electron chi connectivity index (χ0n) is 14.9. The van der Waals surface area contributed by atoms with Crippen molar-refractivity contribution in [2.75, 3.05) is 13.2 Å². The van der Waals surface area contributed by atoms with Crippen LogP contribution in [-0.2, 0) is 17.7 Å². The van der Waals surface area contributed by atoms with Crippen molar-refractivity contribution in [2.24, 2.45) is 5.92 Å². The maximum Gasteiger partial charge on any atom is 0.180 e. The number of nitrogens with zero attached hydrogens (tertiary/aromatic N) is 5. The van der Waals surface area contributed by atoms with Crippen molar-refractivity contribution in [2.45, 2.75) is 32.7 Å². The molecule has 4 aromatic heterocycles. The number of rotatable bonds is 4. The minimum Gasteiger partial charge on any atom is -0.381 e. The lowest BCUT2D eigenvalue weighted by Crippen LogP contribution is -2.19. The van der Waals surface area contributed by atoms with E-state index in [1.807, 2.05) is 12.3 Å². The van der Waals surface area contributed by atoms with E-state index < -0.39 is 0 Å². The van der Waals surface area contributed by atoms with Gasteiger partial charge in [0.05, 0.1) is 11.7 Å². The summed E-state index contributed by atoms with van der Waals surface area (Å²) < 4.78 is 9.90. The Morgan fingerprint density at radius 2 is 2.12 bits per heavy atom. The monoisotopic (exact) mass is 350 g/mol. The van der Waals surface area contributed by atoms with E-state index in [1.54, 1.807) is 6.20 Å². The third-order valence-electron chi connectivity index (χ3n) is 5.34. The molecule has 1 saturated heterocycles. The van der Waals surface area contributed by atoms with Crippen LogP contribution in [0.3, 0.4) is 0 Å². The molecule has 7 nitrogen and oxygen atoms in total. The quantitative estimate of drug-likeness (QED) is 0.614. The molecule has 5 heterocycles. The van der Waals surface area contributed by atoms with Crippen molar-refractivity contribution < 1.29 is 4.74 Å². The van der Waals surface area contributed by atoms with Crippen molar-refractivity contribution in [3.8, 4) is 11.4 Å². The second-order valence-corrected chi connectivity index (χ2v) is 6.99. The normalized spacial score (nSPS) is 16.0. The summed E-state index contributed by atoms with van der Waals surface area (Å²) >= 11 is 0. The van der Waals surface area contributed by atoms with Gasteiger partial charge >= 0.3 is 0 Å². The van der Waals surface area contributed by atoms with Crippen LogP contribution in [0.15, 0.2) is 30.9 Å². The number of aromatic amines is 1. The van der Waals surface area contributed by atoms with Gasteiger partial charge in [-0.05, 0) is 36.8 Å². The molecule has 0 atom stereocenters. The highest BCUT2D eigenvalue weighted by Crippen LogP contribution is 2.28. The smallest absolute Gasteiger partial charge is 0.180 e. The lowest BCUT2D eigenvalue weighted by molar-refractivity contribution is 0.0613. The van der Waals surface area contributed by atoms with Crippen LogP contribution in [0.25, 0.3) is 28.2 Å². The molecule has 0 unspecified atom stereocenters. The first-order valence-electron chi connectivity index (χ1n) is 9.27. The third kappa shape index (κ3) is 2.50. The van der Waals surface area contributed by atoms with Crippen LogP contribution in [0.4, 0.5) is 0 Å². The van der Waals surface area contributed by atoms with Gasteiger partial charge in [-0.15, -0.1) is 10.2 Å². The number of nitrogens with one attached hydrogen (secondary N) is 1. The Morgan fingerprint density at radius 3 is 2.96 bits per heavy atom. The van der Waals surface area contributed by atoms with Crippen molar-refractivity contribution in [3.05, 3.63) is 36.4 Å². The standard InChI is InChI=1S/C19H22N6O/c1-2-14-11-24(10-13-4-7-26-8-5-13)12-15(14)19-23-22-17-9-21-18-16(25(17)19)3-6-20-18/h3,6,9,11-13,20H,2,4-5,7-8,10H2,1H3. The van der Waals surface area contributed by atoms with Crippen LogP contribution in [0.1, 0.15) is 25.3 Å². The van der Waals surface area contributed by atoms with Gasteiger partial charge < -0.3 is 14.3 Å². The van der Waals surface area contributed by atoms with Crippen molar-refractivity contribution >= 4 is 16.8 Å². The molecule has 1 aliphatic heterocycles. The minimum atomic E-state index is 0.685. The fourth-order valence-corrected chi connectivity index (χ4v) is 3.92. The summed E-state index contributed by atoms with van der Waals surface area (Å²) in [6.45, 7) is 4.99. The third-order valence-corrected chi connectivity index (χ3v) is 5.34. The molecule has 0 aliphatic carbocycles. The van der Waals surface area contributed by atoms with Crippen molar-refractivity contribution in [1.29, 1.82) is 0 Å². The first-order chi connectivity index (χ1) is 12.8. The second kappa shape index (κ2) is 6.25. The second-order valence-electron chi connectivity index (χ2n) is 6.99. The van der Waals surface area contributed by atoms with Gasteiger partial charge in [-0.3, -0.25) is 4.40 Å². The molecule has 1 N–H and O–H groups in total. The molecule has 0 radical (unpaired) electrons. The molecule has 0 spiro atoms. The van der Waals surface area contributed by atoms with E-state index in [0.717, 1.165) is 67.2 Å². The number of aromatic nitrogens is 6. The highest BCUT2D eigenvalue weighted by Gasteiger charge is 2.19. The van der Waals surface area contributed by atoms with Gasteiger partial charge in [-0.2, -0.15) is 0 Å². The van der Waals surface area contributed by atoms with Gasteiger partial charge in [0, 0.05) is 43.9 Å². The van der Waals surface area contributed by atoms with Crippen LogP contribution < -0.4 is 0 Å². The molecule has 0 saturated carbocycles. The predicted octanol–water partition coefficient (Wildman–Crippen LogP) is 3.06. The van der Waals surface area contributed by atoms with Crippen LogP contribution >= 0.6 is 0 Å². The first kappa shape index (κ1) is 15.6. The summed E-state index contributed by atoms with van der Waals surface area (Å²) in [4.78, 5) is 7.57. The highest BCUT2D eigenvalue weighted by atomic mass is 16.5. The van der Waals surface area contributed by atoms with Gasteiger partial charge in [0.25, 0.3) is 0 Å². The molecule has 4 aromatic rings. The molecule has 5 rings (SSSR count). The summed E-state index contributed by atoms with van der Waals surface area (Å²) in [7, 11) is 0. The van der Waals surface area contributed by atoms with E-state index in [2.05, 4.69) is 48.5 Å². The maximum atomic E-state index is 5.49. The molecule has 7 heteroatoms. The molecule has 0 aromatic carbocycles. The van der Waals surface area contributed by atoms with Gasteiger partial charge in [0.15, 0.2) is 17.1 Å². The molecule has 134 valence electrons. The summed E-state index contributed by atoms with van der Waals surface area (Å²) in [5, 5.41) is 8.83. The number of hydrogen-bond acceptors (Lipinski definition) is 4. The molecule has 26 heavy (non-hydrogen) atoms. The fourth-order valence-electron chi connectivity index (χ4n) is 3.92. The summed E-state index contributed by atoms with van der Waals surface area (Å²) in [5.41, 5.74) is 5.07. The highest BCUT2D eigenvalue weighted by molar-refractivity contribution is 5.78. The zero-order chi connectivity index (χ0) is 17.5. The largest absolute Gasteiger partial charge is 0.381 e. The molecule has 1 aliphatic rings. The summed E-state index contributed by atoms with van der Waals surface area (Å²) in [6, 6.07) is 2.02. The topological polar surface area (TPSA) is 73.0 Å². The average Bonchev–Trinajstić information content (AvgIpc) is 3.39. The van der Waals surface area contributed by atoms with Crippen LogP contribution in [-0.4, -0.2) is 42.3 Å². The Bertz CT molecular complexity index is 1050. The predicted molar refractivity (Wildman–Crippen MR) is 99.0 cm³/mol. The molecule has 0 amide bonds. The van der Waals surface area contributed by atoms with Crippen LogP contribution in [0.5, 0.6) is 0 Å². The Labute approximate surface area is 151 Å². The number of ether oxygens (including phenoxy) is 1. The lowest BCUT2D eigenvalue weighted by atomic mass is 10.0. The number of aryl methyl sites for hydroxylation is 1. The van der Waals surface area contributed by atoms with Gasteiger partial charge in [-0.1, -0.05) is 6.92 Å². The Morgan fingerprint density at radius 1 is 1.23 bits per heavy atom. The van der Waals surface area contributed by atoms with Crippen molar-refractivity contribution in [1.82, 2.24) is 29.1 Å². The van der Waals surface area contributed by atoms with E-state index in [9.17, 15) is 0 Å². The van der Waals surface area contributed by atoms with E-state index in [-0.39, 0.29) is 0 Å². The average molecular weight is 350 g/mol. The van der Waals surface area contributed by atoms with Gasteiger partial charge in [-0.25, -0.2) is 4.98 Å². The van der Waals surface area contributed by atoms with Gasteiger partial charge in [0.2, 0.25) is 0 Å². The van der Waals surface area contributed by atoms with E-state index >= 15 is 0 Å². The summed E-state index contributed by atoms with van der Waals surface area (Å²) in [6.07, 6.45) is 11.4. The van der Waals surface area contributed by atoms with Crippen LogP contribution in [0, 0.1) is 5.92 Å². The molecule has 1 fully saturated rings. The molecular weight excluding hydrogens is 328 g/mol. The van der Waals surface area contributed by atoms with E-state index in [4.69, 9.17) is 4.74 Å².